The van der Waals surface area contributed by atoms with Crippen LogP contribution in [0.15, 0.2) is 0 Å². The minimum Gasteiger partial charge on any atom is -0.355 e. The molecule has 1 amide bonds. The summed E-state index contributed by atoms with van der Waals surface area (Å²) in [5.74, 6) is 0.446. The van der Waals surface area contributed by atoms with E-state index in [9.17, 15) is 4.79 Å². The van der Waals surface area contributed by atoms with Crippen LogP contribution in [-0.4, -0.2) is 18.5 Å². The minimum atomic E-state index is -0.357. The molecule has 0 radical (unpaired) electrons. The second-order valence-electron chi connectivity index (χ2n) is 5.84. The van der Waals surface area contributed by atoms with E-state index in [-0.39, 0.29) is 17.4 Å². The van der Waals surface area contributed by atoms with Crippen LogP contribution < -0.4 is 11.1 Å². The minimum absolute atomic E-state index is 0.0204. The Morgan fingerprint density at radius 1 is 1.33 bits per heavy atom. The van der Waals surface area contributed by atoms with E-state index in [0.29, 0.717) is 12.5 Å². The Bertz CT molecular complexity index is 194. The molecule has 0 aliphatic heterocycles. The van der Waals surface area contributed by atoms with Gasteiger partial charge in [0.1, 0.15) is 0 Å². The van der Waals surface area contributed by atoms with Crippen LogP contribution in [0.4, 0.5) is 0 Å². The maximum atomic E-state index is 11.5. The van der Waals surface area contributed by atoms with Gasteiger partial charge in [-0.25, -0.2) is 0 Å². The van der Waals surface area contributed by atoms with Gasteiger partial charge in [0.25, 0.3) is 0 Å². The van der Waals surface area contributed by atoms with Gasteiger partial charge in [-0.1, -0.05) is 34.6 Å². The second-order valence-corrected chi connectivity index (χ2v) is 5.84. The fourth-order valence-electron chi connectivity index (χ4n) is 1.31. The number of carbonyl (C=O) groups is 1. The van der Waals surface area contributed by atoms with Crippen LogP contribution in [0.1, 0.15) is 47.5 Å². The molecule has 15 heavy (non-hydrogen) atoms. The summed E-state index contributed by atoms with van der Waals surface area (Å²) in [5.41, 5.74) is 6.02. The van der Waals surface area contributed by atoms with E-state index in [2.05, 4.69) is 39.9 Å². The molecular formula is C12H26N2O. The lowest BCUT2D eigenvalue weighted by Gasteiger charge is -2.19. The van der Waals surface area contributed by atoms with E-state index >= 15 is 0 Å². The fourth-order valence-corrected chi connectivity index (χ4v) is 1.31. The lowest BCUT2D eigenvalue weighted by molar-refractivity contribution is -0.122. The first-order chi connectivity index (χ1) is 6.72. The van der Waals surface area contributed by atoms with Gasteiger partial charge in [0.05, 0.1) is 6.04 Å². The first-order valence-corrected chi connectivity index (χ1v) is 5.75. The highest BCUT2D eigenvalue weighted by Gasteiger charge is 2.15. The molecule has 0 heterocycles. The number of nitrogens with one attached hydrogen (secondary N) is 1. The number of rotatable bonds is 5. The van der Waals surface area contributed by atoms with Crippen molar-refractivity contribution in [1.82, 2.24) is 5.32 Å². The van der Waals surface area contributed by atoms with Crippen molar-refractivity contribution in [3.63, 3.8) is 0 Å². The van der Waals surface area contributed by atoms with Gasteiger partial charge in [0.15, 0.2) is 0 Å². The van der Waals surface area contributed by atoms with Crippen molar-refractivity contribution in [3.8, 4) is 0 Å². The Morgan fingerprint density at radius 2 is 1.87 bits per heavy atom. The largest absolute Gasteiger partial charge is 0.355 e. The maximum absolute atomic E-state index is 11.5. The van der Waals surface area contributed by atoms with Gasteiger partial charge < -0.3 is 11.1 Å². The zero-order chi connectivity index (χ0) is 12.1. The molecule has 0 bridgehead atoms. The van der Waals surface area contributed by atoms with E-state index in [4.69, 9.17) is 5.73 Å². The molecule has 3 N–H and O–H groups in total. The van der Waals surface area contributed by atoms with Crippen molar-refractivity contribution in [3.05, 3.63) is 0 Å². The Hall–Kier alpha value is -0.570. The smallest absolute Gasteiger partial charge is 0.236 e. The summed E-state index contributed by atoms with van der Waals surface area (Å²) in [7, 11) is 0. The molecule has 3 heteroatoms. The molecule has 0 fully saturated rings. The summed E-state index contributed by atoms with van der Waals surface area (Å²) < 4.78 is 0. The summed E-state index contributed by atoms with van der Waals surface area (Å²) in [6, 6.07) is -0.357. The zero-order valence-corrected chi connectivity index (χ0v) is 10.8. The zero-order valence-electron chi connectivity index (χ0n) is 10.8. The quantitative estimate of drug-likeness (QED) is 0.734. The summed E-state index contributed by atoms with van der Waals surface area (Å²) >= 11 is 0. The molecule has 0 spiro atoms. The van der Waals surface area contributed by atoms with Crippen LogP contribution in [0.25, 0.3) is 0 Å². The molecule has 0 rings (SSSR count). The average Bonchev–Trinajstić information content (AvgIpc) is 2.00. The van der Waals surface area contributed by atoms with Crippen molar-refractivity contribution in [2.75, 3.05) is 6.54 Å². The average molecular weight is 214 g/mol. The Balaban J connectivity index is 3.74. The maximum Gasteiger partial charge on any atom is 0.236 e. The fraction of sp³-hybridized carbons (Fsp3) is 0.917. The lowest BCUT2D eigenvalue weighted by Crippen LogP contribution is -2.42. The predicted octanol–water partition coefficient (Wildman–Crippen LogP) is 1.91. The molecule has 1 atom stereocenters. The van der Waals surface area contributed by atoms with Gasteiger partial charge in [-0.15, -0.1) is 0 Å². The van der Waals surface area contributed by atoms with Gasteiger partial charge in [-0.2, -0.15) is 0 Å². The summed E-state index contributed by atoms with van der Waals surface area (Å²) in [4.78, 5) is 11.5. The van der Waals surface area contributed by atoms with Crippen LogP contribution >= 0.6 is 0 Å². The molecule has 3 nitrogen and oxygen atoms in total. The van der Waals surface area contributed by atoms with E-state index in [1.807, 2.05) is 0 Å². The highest BCUT2D eigenvalue weighted by Crippen LogP contribution is 2.16. The van der Waals surface area contributed by atoms with Crippen LogP contribution in [0.3, 0.4) is 0 Å². The third-order valence-corrected chi connectivity index (χ3v) is 2.24. The summed E-state index contributed by atoms with van der Waals surface area (Å²) in [5, 5.41) is 2.88. The number of hydrogen-bond donors (Lipinski definition) is 2. The SMILES string of the molecule is CC(C)CC(N)C(=O)NCCC(C)(C)C. The topological polar surface area (TPSA) is 55.1 Å². The van der Waals surface area contributed by atoms with Crippen molar-refractivity contribution in [2.24, 2.45) is 17.1 Å². The van der Waals surface area contributed by atoms with E-state index < -0.39 is 0 Å². The number of hydrogen-bond acceptors (Lipinski definition) is 2. The highest BCUT2D eigenvalue weighted by molar-refractivity contribution is 5.81. The first kappa shape index (κ1) is 14.4. The Labute approximate surface area is 93.8 Å². The molecular weight excluding hydrogens is 188 g/mol. The van der Waals surface area contributed by atoms with Crippen LogP contribution in [0, 0.1) is 11.3 Å². The second kappa shape index (κ2) is 6.11. The van der Waals surface area contributed by atoms with Crippen LogP contribution in [0.5, 0.6) is 0 Å². The normalized spacial score (nSPS) is 14.1. The molecule has 0 aromatic rings. The van der Waals surface area contributed by atoms with Gasteiger partial charge in [0.2, 0.25) is 5.91 Å². The highest BCUT2D eigenvalue weighted by atomic mass is 16.2. The van der Waals surface area contributed by atoms with Gasteiger partial charge in [0, 0.05) is 6.54 Å². The van der Waals surface area contributed by atoms with Crippen molar-refractivity contribution >= 4 is 5.91 Å². The molecule has 1 unspecified atom stereocenters. The third kappa shape index (κ3) is 8.43. The third-order valence-electron chi connectivity index (χ3n) is 2.24. The van der Waals surface area contributed by atoms with Gasteiger partial charge >= 0.3 is 0 Å². The predicted molar refractivity (Wildman–Crippen MR) is 64.5 cm³/mol. The summed E-state index contributed by atoms with van der Waals surface area (Å²) in [6.07, 6.45) is 1.73. The van der Waals surface area contributed by atoms with E-state index in [1.54, 1.807) is 0 Å². The summed E-state index contributed by atoms with van der Waals surface area (Å²) in [6.45, 7) is 11.3. The number of carbonyl (C=O) groups excluding carboxylic acids is 1. The monoisotopic (exact) mass is 214 g/mol. The van der Waals surface area contributed by atoms with Crippen LogP contribution in [-0.2, 0) is 4.79 Å². The molecule has 0 saturated heterocycles. The molecule has 0 aliphatic carbocycles. The van der Waals surface area contributed by atoms with Crippen molar-refractivity contribution < 1.29 is 4.79 Å². The van der Waals surface area contributed by atoms with E-state index in [1.165, 1.54) is 0 Å². The van der Waals surface area contributed by atoms with Gasteiger partial charge in [-0.05, 0) is 24.2 Å². The number of nitrogens with two attached hydrogens (primary N) is 1. The molecule has 0 aromatic heterocycles. The first-order valence-electron chi connectivity index (χ1n) is 5.75. The molecule has 0 aliphatic rings. The molecule has 0 saturated carbocycles. The molecule has 0 aromatic carbocycles. The molecule has 90 valence electrons. The van der Waals surface area contributed by atoms with Gasteiger partial charge in [-0.3, -0.25) is 4.79 Å². The van der Waals surface area contributed by atoms with Crippen LogP contribution in [0.2, 0.25) is 0 Å². The van der Waals surface area contributed by atoms with Crippen molar-refractivity contribution in [1.29, 1.82) is 0 Å². The standard InChI is InChI=1S/C12H26N2O/c1-9(2)8-10(13)11(15)14-7-6-12(3,4)5/h9-10H,6-8,13H2,1-5H3,(H,14,15). The van der Waals surface area contributed by atoms with E-state index in [0.717, 1.165) is 12.8 Å². The lowest BCUT2D eigenvalue weighted by atomic mass is 9.92. The number of amides is 1. The Kier molecular flexibility index (Phi) is 5.88. The van der Waals surface area contributed by atoms with Crippen molar-refractivity contribution in [2.45, 2.75) is 53.5 Å². The Morgan fingerprint density at radius 3 is 2.27 bits per heavy atom.